The Hall–Kier alpha value is -0.440. The van der Waals surface area contributed by atoms with Gasteiger partial charge in [-0.15, -0.1) is 0 Å². The summed E-state index contributed by atoms with van der Waals surface area (Å²) in [6, 6.07) is 8.37. The molecule has 0 amide bonds. The minimum atomic E-state index is -4.13. The van der Waals surface area contributed by atoms with E-state index in [-0.39, 0.29) is 0 Å². The summed E-state index contributed by atoms with van der Waals surface area (Å²) < 4.78 is 30.7. The maximum absolute atomic E-state index is 10.2. The first-order valence-corrected chi connectivity index (χ1v) is 11.3. The van der Waals surface area contributed by atoms with Gasteiger partial charge in [0.05, 0.1) is 40.5 Å². The lowest BCUT2D eigenvalue weighted by atomic mass is 10.2. The molecule has 0 aromatic heterocycles. The third-order valence-corrected chi connectivity index (χ3v) is 9.92. The summed E-state index contributed by atoms with van der Waals surface area (Å²) in [6.07, 6.45) is 5.82. The lowest BCUT2D eigenvalue weighted by Gasteiger charge is -2.20. The van der Waals surface area contributed by atoms with E-state index >= 15 is 0 Å². The molecule has 116 valence electrons. The highest BCUT2D eigenvalue weighted by Crippen LogP contribution is 2.57. The first-order valence-electron chi connectivity index (χ1n) is 7.15. The summed E-state index contributed by atoms with van der Waals surface area (Å²) in [5.41, 5.74) is 0.530. The molecule has 0 aliphatic heterocycles. The van der Waals surface area contributed by atoms with E-state index in [0.717, 1.165) is 0 Å². The Bertz CT molecular complexity index is 436. The molecular formula is C15H27O3PS. The zero-order valence-corrected chi connectivity index (χ0v) is 14.7. The predicted molar refractivity (Wildman–Crippen MR) is 88.9 cm³/mol. The highest BCUT2D eigenvalue weighted by Gasteiger charge is 2.27. The van der Waals surface area contributed by atoms with Gasteiger partial charge in [0.15, 0.2) is 0 Å². The molecule has 0 fully saturated rings. The Balaban J connectivity index is 0.000000370. The largest absolute Gasteiger partial charge is 0.748 e. The van der Waals surface area contributed by atoms with Crippen molar-refractivity contribution in [3.8, 4) is 0 Å². The molecule has 5 heteroatoms. The molecule has 0 aliphatic carbocycles. The van der Waals surface area contributed by atoms with Crippen LogP contribution in [0.3, 0.4) is 0 Å². The number of hydrogen-bond acceptors (Lipinski definition) is 3. The Morgan fingerprint density at radius 3 is 1.55 bits per heavy atom. The van der Waals surface area contributed by atoms with Crippen molar-refractivity contribution in [2.45, 2.75) is 33.4 Å². The summed E-state index contributed by atoms with van der Waals surface area (Å²) in [5.74, 6) is -0.423. The number of rotatable bonds is 6. The van der Waals surface area contributed by atoms with Crippen LogP contribution in [0.1, 0.15) is 33.3 Å². The van der Waals surface area contributed by atoms with Gasteiger partial charge < -0.3 is 4.55 Å². The van der Waals surface area contributed by atoms with Gasteiger partial charge >= 0.3 is 0 Å². The molecule has 1 aromatic rings. The Morgan fingerprint density at radius 2 is 1.30 bits per heavy atom. The average Bonchev–Trinajstić information content (AvgIpc) is 2.42. The lowest BCUT2D eigenvalue weighted by Crippen LogP contribution is -2.04. The Labute approximate surface area is 124 Å². The minimum absolute atomic E-state index is 0.420. The zero-order chi connectivity index (χ0) is 15.6. The van der Waals surface area contributed by atoms with Gasteiger partial charge in [0.1, 0.15) is 0 Å². The lowest BCUT2D eigenvalue weighted by molar-refractivity contribution is 0.462. The number of benzene rings is 1. The van der Waals surface area contributed by atoms with Gasteiger partial charge in [-0.2, -0.15) is 0 Å². The summed E-state index contributed by atoms with van der Waals surface area (Å²) in [7, 11) is -4.55. The molecule has 1 aromatic carbocycles. The van der Waals surface area contributed by atoms with E-state index in [9.17, 15) is 13.0 Å². The van der Waals surface area contributed by atoms with Crippen LogP contribution < -0.4 is 0 Å². The summed E-state index contributed by atoms with van der Waals surface area (Å²) in [6.45, 7) is 9.41. The van der Waals surface area contributed by atoms with E-state index in [1.165, 1.54) is 24.6 Å². The molecule has 0 N–H and O–H groups in total. The molecule has 0 radical (unpaired) electrons. The summed E-state index contributed by atoms with van der Waals surface area (Å²) in [4.78, 5) is 0. The Kier molecular flexibility index (Phi) is 9.28. The molecule has 0 bridgehead atoms. The predicted octanol–water partition coefficient (Wildman–Crippen LogP) is 3.82. The minimum Gasteiger partial charge on any atom is -0.748 e. The van der Waals surface area contributed by atoms with E-state index in [0.29, 0.717) is 5.56 Å². The van der Waals surface area contributed by atoms with Gasteiger partial charge in [-0.1, -0.05) is 30.3 Å². The van der Waals surface area contributed by atoms with Crippen molar-refractivity contribution >= 4 is 17.4 Å². The highest BCUT2D eigenvalue weighted by atomic mass is 32.2. The fourth-order valence-electron chi connectivity index (χ4n) is 2.12. The van der Waals surface area contributed by atoms with Crippen LogP contribution in [0.25, 0.3) is 0 Å². The van der Waals surface area contributed by atoms with Crippen LogP contribution >= 0.6 is 7.26 Å². The molecule has 0 spiro atoms. The Morgan fingerprint density at radius 1 is 0.900 bits per heavy atom. The van der Waals surface area contributed by atoms with E-state index in [4.69, 9.17) is 0 Å². The van der Waals surface area contributed by atoms with Crippen LogP contribution in [-0.4, -0.2) is 37.6 Å². The maximum atomic E-state index is 10.2. The van der Waals surface area contributed by atoms with Crippen LogP contribution in [0.4, 0.5) is 0 Å². The van der Waals surface area contributed by atoms with E-state index in [2.05, 4.69) is 27.7 Å². The normalized spacial score (nSPS) is 11.7. The molecule has 20 heavy (non-hydrogen) atoms. The first-order chi connectivity index (χ1) is 9.32. The number of hydrogen-bond donors (Lipinski definition) is 0. The third kappa shape index (κ3) is 7.98. The van der Waals surface area contributed by atoms with Gasteiger partial charge in [0, 0.05) is 7.26 Å². The smallest absolute Gasteiger partial charge is 0.0988 e. The molecule has 3 nitrogen and oxygen atoms in total. The van der Waals surface area contributed by atoms with Crippen molar-refractivity contribution in [3.63, 3.8) is 0 Å². The fraction of sp³-hybridized carbons (Fsp3) is 0.600. The summed E-state index contributed by atoms with van der Waals surface area (Å²) >= 11 is 0. The van der Waals surface area contributed by atoms with Gasteiger partial charge in [-0.05, 0) is 33.3 Å². The third-order valence-electron chi connectivity index (χ3n) is 3.87. The van der Waals surface area contributed by atoms with Crippen LogP contribution in [0.2, 0.25) is 0 Å². The van der Waals surface area contributed by atoms with Crippen molar-refractivity contribution in [1.29, 1.82) is 0 Å². The topological polar surface area (TPSA) is 57.2 Å². The van der Waals surface area contributed by atoms with Crippen molar-refractivity contribution in [1.82, 2.24) is 0 Å². The van der Waals surface area contributed by atoms with Crippen LogP contribution in [0.5, 0.6) is 0 Å². The second-order valence-electron chi connectivity index (χ2n) is 4.79. The van der Waals surface area contributed by atoms with Crippen molar-refractivity contribution in [2.75, 3.05) is 24.6 Å². The monoisotopic (exact) mass is 318 g/mol. The molecule has 0 heterocycles. The average molecular weight is 318 g/mol. The second-order valence-corrected chi connectivity index (χ2v) is 11.4. The van der Waals surface area contributed by atoms with Gasteiger partial charge in [-0.3, -0.25) is 0 Å². The first kappa shape index (κ1) is 19.6. The van der Waals surface area contributed by atoms with Crippen molar-refractivity contribution in [3.05, 3.63) is 35.9 Å². The molecule has 0 unspecified atom stereocenters. The zero-order valence-electron chi connectivity index (χ0n) is 13.0. The second kappa shape index (κ2) is 9.49. The molecule has 0 saturated heterocycles. The van der Waals surface area contributed by atoms with Crippen LogP contribution in [0, 0.1) is 0 Å². The van der Waals surface area contributed by atoms with Crippen LogP contribution in [-0.2, 0) is 15.9 Å². The van der Waals surface area contributed by atoms with Gasteiger partial charge in [-0.25, -0.2) is 8.42 Å². The molecule has 0 saturated carbocycles. The quantitative estimate of drug-likeness (QED) is 0.592. The van der Waals surface area contributed by atoms with Crippen LogP contribution in [0.15, 0.2) is 30.3 Å². The maximum Gasteiger partial charge on any atom is 0.0988 e. The van der Waals surface area contributed by atoms with E-state index < -0.39 is 23.1 Å². The fourth-order valence-corrected chi connectivity index (χ4v) is 5.40. The van der Waals surface area contributed by atoms with E-state index in [1.807, 2.05) is 0 Å². The van der Waals surface area contributed by atoms with Gasteiger partial charge in [0.2, 0.25) is 0 Å². The van der Waals surface area contributed by atoms with E-state index in [1.54, 1.807) is 30.3 Å². The van der Waals surface area contributed by atoms with Crippen molar-refractivity contribution in [2.24, 2.45) is 0 Å². The molecular weight excluding hydrogens is 291 g/mol. The molecule has 0 aliphatic rings. The van der Waals surface area contributed by atoms with Gasteiger partial charge in [0.25, 0.3) is 0 Å². The highest BCUT2D eigenvalue weighted by molar-refractivity contribution is 7.84. The molecule has 1 rings (SSSR count). The SMILES string of the molecule is CC[P+](CC)(CC)CC.O=S(=O)([O-])Cc1ccccc1. The summed E-state index contributed by atoms with van der Waals surface area (Å²) in [5, 5.41) is 0. The standard InChI is InChI=1S/C8H20P.C7H8O3S/c1-5-9(6-2,7-3)8-4;8-11(9,10)6-7-4-2-1-3-5-7/h5-8H2,1-4H3;1-5H,6H2,(H,8,9,10)/q+1;/p-1. The molecule has 0 atom stereocenters. The van der Waals surface area contributed by atoms with Crippen molar-refractivity contribution < 1.29 is 13.0 Å².